The summed E-state index contributed by atoms with van der Waals surface area (Å²) in [6.07, 6.45) is -0.307. The van der Waals surface area contributed by atoms with E-state index in [2.05, 4.69) is 36.1 Å². The molecule has 2 saturated heterocycles. The number of aryl methyl sites for hydroxylation is 9. The van der Waals surface area contributed by atoms with E-state index >= 15 is 4.39 Å². The number of hydrogen-bond acceptors (Lipinski definition) is 13. The number of carboxylic acids is 1. The average Bonchev–Trinajstić information content (AvgIpc) is 0.794. The number of aliphatic carboxylic acids is 1. The minimum Gasteiger partial charge on any atom is -0.480 e. The topological polar surface area (TPSA) is 202 Å². The van der Waals surface area contributed by atoms with E-state index in [0.717, 1.165) is 98.0 Å². The Kier molecular flexibility index (Phi) is 29.5. The van der Waals surface area contributed by atoms with Crippen LogP contribution in [0, 0.1) is 85.8 Å². The quantitative estimate of drug-likeness (QED) is 0.0347. The van der Waals surface area contributed by atoms with Crippen molar-refractivity contribution >= 4 is 23.7 Å². The molecular formula is C79H104F5N5O11. The molecule has 21 heteroatoms. The molecule has 0 spiro atoms. The lowest BCUT2D eigenvalue weighted by atomic mass is 9.83. The lowest BCUT2D eigenvalue weighted by Gasteiger charge is -2.38. The van der Waals surface area contributed by atoms with E-state index in [0.29, 0.717) is 54.4 Å². The van der Waals surface area contributed by atoms with Crippen molar-refractivity contribution in [2.75, 3.05) is 66.7 Å². The van der Waals surface area contributed by atoms with Gasteiger partial charge in [0.05, 0.1) is 49.9 Å². The molecule has 2 unspecified atom stereocenters. The zero-order chi connectivity index (χ0) is 74.4. The van der Waals surface area contributed by atoms with Gasteiger partial charge in [0.25, 0.3) is 11.1 Å². The zero-order valence-electron chi connectivity index (χ0n) is 61.4. The van der Waals surface area contributed by atoms with E-state index in [9.17, 15) is 51.4 Å². The molecule has 0 amide bonds. The molecule has 546 valence electrons. The molecule has 8 rings (SSSR count). The van der Waals surface area contributed by atoms with Gasteiger partial charge in [0.2, 0.25) is 0 Å². The molecule has 2 fully saturated rings. The second-order valence-electron chi connectivity index (χ2n) is 28.0. The van der Waals surface area contributed by atoms with Gasteiger partial charge in [-0.3, -0.25) is 33.8 Å². The normalized spacial score (nSPS) is 14.8. The Labute approximate surface area is 586 Å². The first kappa shape index (κ1) is 81.3. The predicted octanol–water partition coefficient (Wildman–Crippen LogP) is 14.4. The Bertz CT molecular complexity index is 3930. The van der Waals surface area contributed by atoms with E-state index in [1.165, 1.54) is 5.56 Å². The Morgan fingerprint density at radius 3 is 1.40 bits per heavy atom. The van der Waals surface area contributed by atoms with Gasteiger partial charge in [-0.15, -0.1) is 0 Å². The molecule has 4 heterocycles. The molecule has 3 N–H and O–H groups in total. The molecule has 0 radical (unpaired) electrons. The fourth-order valence-electron chi connectivity index (χ4n) is 13.7. The number of alkyl halides is 3. The molecule has 4 atom stereocenters. The van der Waals surface area contributed by atoms with Crippen LogP contribution in [0.1, 0.15) is 176 Å². The number of carbonyl (C=O) groups is 4. The number of pyridine rings is 2. The SMILES string of the molecule is CCOC(=O)C[C@H](CC(=O)C(CC(C)C)n1cc(CCN2CC(OC)C2)c(C)cc1=O)c1cc(-c2c(C)cc(C)cc2C)cc(C)c1F.CCOC(=O)C[C@H](N)c1cc(-c2c(C)cc(C)cc2C)cc(C)c1F.COC1CN(CCc2cn(C(CC(C)C)C(=O)O)c(=O)cc2C(F)(F)F)C1. The number of carbonyl (C=O) groups excluding carboxylic acids is 3. The van der Waals surface area contributed by atoms with Gasteiger partial charge in [0.15, 0.2) is 5.78 Å². The van der Waals surface area contributed by atoms with Crippen LogP contribution in [0.3, 0.4) is 0 Å². The molecule has 4 aromatic carbocycles. The van der Waals surface area contributed by atoms with Crippen LogP contribution in [0.4, 0.5) is 22.0 Å². The van der Waals surface area contributed by atoms with Crippen molar-refractivity contribution in [1.29, 1.82) is 0 Å². The van der Waals surface area contributed by atoms with Crippen LogP contribution in [0.15, 0.2) is 82.6 Å². The molecule has 16 nitrogen and oxygen atoms in total. The van der Waals surface area contributed by atoms with Crippen LogP contribution in [-0.4, -0.2) is 127 Å². The van der Waals surface area contributed by atoms with Gasteiger partial charge >= 0.3 is 24.1 Å². The van der Waals surface area contributed by atoms with Crippen LogP contribution in [0.5, 0.6) is 0 Å². The van der Waals surface area contributed by atoms with Crippen LogP contribution < -0.4 is 16.9 Å². The number of likely N-dealkylation sites (tertiary alicyclic amines) is 2. The van der Waals surface area contributed by atoms with Crippen molar-refractivity contribution in [2.24, 2.45) is 17.6 Å². The van der Waals surface area contributed by atoms with Gasteiger partial charge in [0.1, 0.15) is 17.7 Å². The van der Waals surface area contributed by atoms with Gasteiger partial charge < -0.3 is 38.9 Å². The Balaban J connectivity index is 0.000000257. The summed E-state index contributed by atoms with van der Waals surface area (Å²) < 4.78 is 94.1. The fraction of sp³-hybridized carbons (Fsp3) is 0.519. The molecular weight excluding hydrogens is 1290 g/mol. The van der Waals surface area contributed by atoms with Crippen molar-refractivity contribution < 1.29 is 65.2 Å². The smallest absolute Gasteiger partial charge is 0.416 e. The molecule has 2 aliphatic rings. The maximum Gasteiger partial charge on any atom is 0.416 e. The number of nitrogens with zero attached hydrogens (tertiary/aromatic N) is 4. The van der Waals surface area contributed by atoms with E-state index < -0.39 is 65.1 Å². The minimum absolute atomic E-state index is 0.0317. The number of ketones is 1. The summed E-state index contributed by atoms with van der Waals surface area (Å²) in [5, 5.41) is 9.44. The summed E-state index contributed by atoms with van der Waals surface area (Å²) in [4.78, 5) is 80.5. The second-order valence-corrected chi connectivity index (χ2v) is 28.0. The largest absolute Gasteiger partial charge is 0.480 e. The summed E-state index contributed by atoms with van der Waals surface area (Å²) in [5.41, 5.74) is 18.0. The molecule has 0 aliphatic carbocycles. The van der Waals surface area contributed by atoms with Crippen LogP contribution in [0.25, 0.3) is 22.3 Å². The van der Waals surface area contributed by atoms with E-state index in [1.54, 1.807) is 78.5 Å². The first-order valence-electron chi connectivity index (χ1n) is 34.6. The van der Waals surface area contributed by atoms with Crippen LogP contribution in [0.2, 0.25) is 0 Å². The third kappa shape index (κ3) is 21.7. The van der Waals surface area contributed by atoms with Crippen molar-refractivity contribution in [3.63, 3.8) is 0 Å². The number of hydrogen-bond donors (Lipinski definition) is 2. The highest BCUT2D eigenvalue weighted by Gasteiger charge is 2.37. The Morgan fingerprint density at radius 1 is 0.550 bits per heavy atom. The van der Waals surface area contributed by atoms with Gasteiger partial charge in [-0.2, -0.15) is 13.2 Å². The minimum atomic E-state index is -4.67. The van der Waals surface area contributed by atoms with E-state index in [1.807, 2.05) is 78.6 Å². The number of nitrogens with two attached hydrogens (primary N) is 1. The monoisotopic (exact) mass is 1390 g/mol. The molecule has 0 saturated carbocycles. The Morgan fingerprint density at radius 2 is 0.960 bits per heavy atom. The third-order valence-corrected chi connectivity index (χ3v) is 18.7. The van der Waals surface area contributed by atoms with Gasteiger partial charge in [-0.1, -0.05) is 63.1 Å². The number of rotatable bonds is 28. The van der Waals surface area contributed by atoms with Crippen LogP contribution >= 0.6 is 0 Å². The summed E-state index contributed by atoms with van der Waals surface area (Å²) in [5.74, 6) is -3.82. The number of ether oxygens (including phenoxy) is 4. The highest BCUT2D eigenvalue weighted by molar-refractivity contribution is 5.85. The summed E-state index contributed by atoms with van der Waals surface area (Å²) in [6.45, 7) is 33.5. The highest BCUT2D eigenvalue weighted by atomic mass is 19.4. The number of esters is 2. The summed E-state index contributed by atoms with van der Waals surface area (Å²) >= 11 is 0. The third-order valence-electron chi connectivity index (χ3n) is 18.7. The van der Waals surface area contributed by atoms with E-state index in [4.69, 9.17) is 24.7 Å². The average molecular weight is 1390 g/mol. The lowest BCUT2D eigenvalue weighted by Crippen LogP contribution is -2.52. The predicted molar refractivity (Wildman–Crippen MR) is 381 cm³/mol. The van der Waals surface area contributed by atoms with E-state index in [-0.39, 0.29) is 92.1 Å². The number of carboxylic acid groups (broad SMARTS) is 1. The van der Waals surface area contributed by atoms with Crippen molar-refractivity contribution in [3.8, 4) is 22.3 Å². The van der Waals surface area contributed by atoms with Crippen molar-refractivity contribution in [1.82, 2.24) is 18.9 Å². The summed E-state index contributed by atoms with van der Waals surface area (Å²) in [7, 11) is 3.31. The molecule has 0 bridgehead atoms. The molecule has 2 aliphatic heterocycles. The first-order chi connectivity index (χ1) is 47.0. The number of halogens is 5. The van der Waals surface area contributed by atoms with Gasteiger partial charge in [0, 0.05) is 102 Å². The molecule has 100 heavy (non-hydrogen) atoms. The number of Topliss-reactive ketones (excluding diaryl/α,β-unsaturated/α-hetero) is 1. The zero-order valence-corrected chi connectivity index (χ0v) is 61.4. The number of benzene rings is 4. The van der Waals surface area contributed by atoms with Gasteiger partial charge in [-0.05, 0) is 216 Å². The number of aromatic nitrogens is 2. The van der Waals surface area contributed by atoms with Gasteiger partial charge in [-0.25, -0.2) is 13.6 Å². The highest BCUT2D eigenvalue weighted by Crippen LogP contribution is 2.39. The fourth-order valence-corrected chi connectivity index (χ4v) is 13.7. The maximum absolute atomic E-state index is 16.1. The molecule has 2 aromatic heterocycles. The lowest BCUT2D eigenvalue weighted by molar-refractivity contribution is -0.144. The van der Waals surface area contributed by atoms with Crippen molar-refractivity contribution in [2.45, 2.75) is 191 Å². The van der Waals surface area contributed by atoms with Crippen LogP contribution in [-0.2, 0) is 57.1 Å². The summed E-state index contributed by atoms with van der Waals surface area (Å²) in [6, 6.07) is 15.1. The number of methoxy groups -OCH3 is 2. The Hall–Kier alpha value is -7.69. The first-order valence-corrected chi connectivity index (χ1v) is 34.6. The standard InChI is InChI=1S/C40H53FN2O5.C21H26FNO2.C18H25F3N2O4/c1-10-48-38(46)20-31(34-18-32(16-29(8)40(34)41)39-27(6)14-25(4)15-28(39)7)19-36(44)35(13-24(2)3)43-21-30(26(5)17-37(43)45)11-12-42-22-33(23-42)47-9;1-6-25-19(24)11-18(23)17-10-16(9-15(5)21(17)22)20-13(3)7-12(2)8-14(20)4;1-11(2)6-15(17(25)26)23-8-12(4-5-22-9-13(10-22)27-3)14(7-16(23)24)18(19,20)21/h14-18,21,24,31,33,35H,10-13,19-20,22-23H2,1-9H3;7-10,18H,6,11,23H2,1-5H3;7-8,11,13,15H,4-6,9-10H2,1-3H3,(H,25,26)/t31-,35?;18-;/m00./s1. The van der Waals surface area contributed by atoms with Crippen molar-refractivity contribution in [3.05, 3.63) is 183 Å². The molecule has 6 aromatic rings. The maximum atomic E-state index is 16.1. The second kappa shape index (κ2) is 36.3.